The van der Waals surface area contributed by atoms with Gasteiger partial charge in [0, 0.05) is 31.5 Å². The summed E-state index contributed by atoms with van der Waals surface area (Å²) in [6.45, 7) is 0.943. The Morgan fingerprint density at radius 1 is 1.44 bits per heavy atom. The van der Waals surface area contributed by atoms with Crippen LogP contribution in [0.1, 0.15) is 12.0 Å². The van der Waals surface area contributed by atoms with Crippen LogP contribution < -0.4 is 16.0 Å². The molecule has 0 aromatic heterocycles. The third-order valence-electron chi connectivity index (χ3n) is 3.19. The molecular weight excluding hydrogens is 246 g/mol. The molecule has 0 aliphatic carbocycles. The molecule has 18 heavy (non-hydrogen) atoms. The highest BCUT2D eigenvalue weighted by Gasteiger charge is 2.17. The molecule has 0 radical (unpaired) electrons. The van der Waals surface area contributed by atoms with E-state index in [4.69, 9.17) is 5.73 Å². The molecule has 98 valence electrons. The molecule has 0 spiro atoms. The molecule has 0 saturated heterocycles. The van der Waals surface area contributed by atoms with Crippen LogP contribution in [0.4, 0.5) is 17.1 Å². The Kier molecular flexibility index (Phi) is 4.01. The number of amides is 1. The number of nitrogens with zero attached hydrogens (tertiary/aromatic N) is 1. The second-order valence-corrected chi connectivity index (χ2v) is 5.52. The number of nitrogens with two attached hydrogens (primary N) is 1. The highest BCUT2D eigenvalue weighted by molar-refractivity contribution is 7.98. The minimum absolute atomic E-state index is 0.0880. The average molecular weight is 265 g/mol. The highest BCUT2D eigenvalue weighted by atomic mass is 32.2. The first-order valence-electron chi connectivity index (χ1n) is 6.04. The second-order valence-electron chi connectivity index (χ2n) is 4.53. The van der Waals surface area contributed by atoms with Crippen LogP contribution in [0.15, 0.2) is 12.1 Å². The number of hydrogen-bond donors (Lipinski definition) is 2. The lowest BCUT2D eigenvalue weighted by molar-refractivity contribution is -0.116. The Morgan fingerprint density at radius 2 is 2.22 bits per heavy atom. The van der Waals surface area contributed by atoms with Gasteiger partial charge in [-0.15, -0.1) is 0 Å². The van der Waals surface area contributed by atoms with Crippen LogP contribution in [-0.4, -0.2) is 31.5 Å². The van der Waals surface area contributed by atoms with Crippen molar-refractivity contribution in [2.45, 2.75) is 12.8 Å². The predicted molar refractivity (Wildman–Crippen MR) is 79.5 cm³/mol. The van der Waals surface area contributed by atoms with E-state index in [1.54, 1.807) is 0 Å². The highest BCUT2D eigenvalue weighted by Crippen LogP contribution is 2.32. The molecule has 1 aromatic carbocycles. The maximum absolute atomic E-state index is 11.4. The predicted octanol–water partition coefficient (Wildman–Crippen LogP) is 1.95. The largest absolute Gasteiger partial charge is 0.397 e. The van der Waals surface area contributed by atoms with Gasteiger partial charge in [0.2, 0.25) is 5.91 Å². The quantitative estimate of drug-likeness (QED) is 0.817. The molecule has 0 unspecified atom stereocenters. The number of anilines is 3. The molecule has 1 aliphatic heterocycles. The summed E-state index contributed by atoms with van der Waals surface area (Å²) in [5.74, 6) is 1.14. The standard InChI is InChI=1S/C13H19N3OS/c1-16(5-6-18-2)12-8-11-9(7-10(12)14)3-4-13(17)15-11/h7-8H,3-6,14H2,1-2H3,(H,15,17). The van der Waals surface area contributed by atoms with E-state index in [1.165, 1.54) is 0 Å². The van der Waals surface area contributed by atoms with E-state index >= 15 is 0 Å². The fraction of sp³-hybridized carbons (Fsp3) is 0.462. The van der Waals surface area contributed by atoms with Crippen molar-refractivity contribution in [2.75, 3.05) is 41.6 Å². The second kappa shape index (κ2) is 5.52. The zero-order valence-electron chi connectivity index (χ0n) is 10.8. The number of benzene rings is 1. The van der Waals surface area contributed by atoms with Crippen molar-refractivity contribution in [1.82, 2.24) is 0 Å². The zero-order chi connectivity index (χ0) is 13.1. The third-order valence-corrected chi connectivity index (χ3v) is 3.78. The van der Waals surface area contributed by atoms with Crippen LogP contribution in [0, 0.1) is 0 Å². The number of thioether (sulfide) groups is 1. The van der Waals surface area contributed by atoms with Gasteiger partial charge in [0.05, 0.1) is 11.4 Å². The summed E-state index contributed by atoms with van der Waals surface area (Å²) < 4.78 is 0. The molecule has 0 saturated carbocycles. The number of rotatable bonds is 4. The van der Waals surface area contributed by atoms with Gasteiger partial charge in [0.1, 0.15) is 0 Å². The molecule has 1 amide bonds. The molecule has 2 rings (SSSR count). The van der Waals surface area contributed by atoms with Gasteiger partial charge in [0.15, 0.2) is 0 Å². The van der Waals surface area contributed by atoms with Crippen LogP contribution in [-0.2, 0) is 11.2 Å². The number of carbonyl (C=O) groups excluding carboxylic acids is 1. The molecule has 1 heterocycles. The summed E-state index contributed by atoms with van der Waals surface area (Å²) in [6, 6.07) is 3.97. The minimum atomic E-state index is 0.0880. The maximum Gasteiger partial charge on any atom is 0.224 e. The Balaban J connectivity index is 2.26. The third kappa shape index (κ3) is 2.72. The van der Waals surface area contributed by atoms with Crippen molar-refractivity contribution in [2.24, 2.45) is 0 Å². The van der Waals surface area contributed by atoms with Crippen molar-refractivity contribution in [1.29, 1.82) is 0 Å². The number of hydrogen-bond acceptors (Lipinski definition) is 4. The lowest BCUT2D eigenvalue weighted by atomic mass is 10.0. The van der Waals surface area contributed by atoms with E-state index in [0.29, 0.717) is 6.42 Å². The van der Waals surface area contributed by atoms with Crippen molar-refractivity contribution in [3.8, 4) is 0 Å². The first-order valence-corrected chi connectivity index (χ1v) is 7.43. The summed E-state index contributed by atoms with van der Waals surface area (Å²) in [5.41, 5.74) is 9.91. The monoisotopic (exact) mass is 265 g/mol. The molecular formula is C13H19N3OS. The summed E-state index contributed by atoms with van der Waals surface area (Å²) in [6.07, 6.45) is 3.42. The average Bonchev–Trinajstić information content (AvgIpc) is 2.35. The van der Waals surface area contributed by atoms with E-state index < -0.39 is 0 Å². The summed E-state index contributed by atoms with van der Waals surface area (Å²) in [4.78, 5) is 13.5. The van der Waals surface area contributed by atoms with E-state index in [9.17, 15) is 4.79 Å². The molecule has 4 nitrogen and oxygen atoms in total. The molecule has 3 N–H and O–H groups in total. The van der Waals surface area contributed by atoms with Gasteiger partial charge in [-0.05, 0) is 30.4 Å². The topological polar surface area (TPSA) is 58.4 Å². The van der Waals surface area contributed by atoms with Crippen LogP contribution in [0.5, 0.6) is 0 Å². The Hall–Kier alpha value is -1.36. The van der Waals surface area contributed by atoms with Gasteiger partial charge in [-0.2, -0.15) is 11.8 Å². The Labute approximate surface area is 112 Å². The molecule has 0 bridgehead atoms. The Bertz CT molecular complexity index is 462. The number of aryl methyl sites for hydroxylation is 1. The number of nitrogens with one attached hydrogen (secondary N) is 1. The van der Waals surface area contributed by atoms with Gasteiger partial charge in [-0.1, -0.05) is 0 Å². The lowest BCUT2D eigenvalue weighted by Crippen LogP contribution is -2.24. The zero-order valence-corrected chi connectivity index (χ0v) is 11.6. The van der Waals surface area contributed by atoms with Crippen molar-refractivity contribution < 1.29 is 4.79 Å². The van der Waals surface area contributed by atoms with Crippen LogP contribution in [0.3, 0.4) is 0 Å². The number of nitrogen functional groups attached to an aromatic ring is 1. The molecule has 0 fully saturated rings. The minimum Gasteiger partial charge on any atom is -0.397 e. The van der Waals surface area contributed by atoms with E-state index in [0.717, 1.165) is 41.3 Å². The van der Waals surface area contributed by atoms with Gasteiger partial charge < -0.3 is 16.0 Å². The summed E-state index contributed by atoms with van der Waals surface area (Å²) in [7, 11) is 2.03. The van der Waals surface area contributed by atoms with Gasteiger partial charge >= 0.3 is 0 Å². The van der Waals surface area contributed by atoms with E-state index in [1.807, 2.05) is 30.9 Å². The lowest BCUT2D eigenvalue weighted by Gasteiger charge is -2.25. The van der Waals surface area contributed by atoms with Gasteiger partial charge in [-0.25, -0.2) is 0 Å². The SMILES string of the molecule is CSCCN(C)c1cc2c(cc1N)CCC(=O)N2. The molecule has 1 aromatic rings. The fourth-order valence-corrected chi connectivity index (χ4v) is 2.57. The van der Waals surface area contributed by atoms with Crippen LogP contribution >= 0.6 is 11.8 Å². The smallest absolute Gasteiger partial charge is 0.224 e. The first kappa shape index (κ1) is 13.1. The first-order chi connectivity index (χ1) is 8.61. The van der Waals surface area contributed by atoms with Crippen LogP contribution in [0.25, 0.3) is 0 Å². The fourth-order valence-electron chi connectivity index (χ4n) is 2.12. The Morgan fingerprint density at radius 3 is 2.94 bits per heavy atom. The summed E-state index contributed by atoms with van der Waals surface area (Å²) >= 11 is 1.81. The van der Waals surface area contributed by atoms with Crippen LogP contribution in [0.2, 0.25) is 0 Å². The van der Waals surface area contributed by atoms with Crippen molar-refractivity contribution in [3.63, 3.8) is 0 Å². The molecule has 1 aliphatic rings. The van der Waals surface area contributed by atoms with E-state index in [2.05, 4.69) is 16.5 Å². The molecule has 0 atom stereocenters. The molecule has 5 heteroatoms. The normalized spacial score (nSPS) is 14.0. The van der Waals surface area contributed by atoms with Crippen molar-refractivity contribution >= 4 is 34.7 Å². The van der Waals surface area contributed by atoms with Gasteiger partial charge in [-0.3, -0.25) is 4.79 Å². The number of fused-ring (bicyclic) bond motifs is 1. The number of carbonyl (C=O) groups is 1. The van der Waals surface area contributed by atoms with E-state index in [-0.39, 0.29) is 5.91 Å². The maximum atomic E-state index is 11.4. The van der Waals surface area contributed by atoms with Gasteiger partial charge in [0.25, 0.3) is 0 Å². The van der Waals surface area contributed by atoms with Crippen molar-refractivity contribution in [3.05, 3.63) is 17.7 Å². The summed E-state index contributed by atoms with van der Waals surface area (Å²) in [5, 5.41) is 2.91.